The van der Waals surface area contributed by atoms with Crippen molar-refractivity contribution in [1.82, 2.24) is 0 Å². The Morgan fingerprint density at radius 3 is 2.82 bits per heavy atom. The fraction of sp³-hybridized carbons (Fsp3) is 0.364. The lowest BCUT2D eigenvalue weighted by Gasteiger charge is -2.12. The molecule has 0 amide bonds. The lowest BCUT2D eigenvalue weighted by molar-refractivity contribution is -0.385. The molecular weight excluding hydrogens is 224 g/mol. The van der Waals surface area contributed by atoms with Crippen molar-refractivity contribution in [3.63, 3.8) is 0 Å². The molecule has 0 aliphatic carbocycles. The molecular formula is C11H12N2O4. The van der Waals surface area contributed by atoms with E-state index in [1.54, 1.807) is 6.92 Å². The molecule has 0 spiro atoms. The van der Waals surface area contributed by atoms with Crippen LogP contribution in [0.5, 0.6) is 5.75 Å². The highest BCUT2D eigenvalue weighted by atomic mass is 16.6. The molecule has 1 aromatic rings. The highest BCUT2D eigenvalue weighted by Crippen LogP contribution is 2.25. The first kappa shape index (κ1) is 12.9. The summed E-state index contributed by atoms with van der Waals surface area (Å²) in [6.45, 7) is 1.41. The summed E-state index contributed by atoms with van der Waals surface area (Å²) < 4.78 is 5.33. The lowest BCUT2D eigenvalue weighted by Crippen LogP contribution is -2.13. The summed E-state index contributed by atoms with van der Waals surface area (Å²) in [5.74, 6) is 0.298. The third-order valence-electron chi connectivity index (χ3n) is 2.21. The summed E-state index contributed by atoms with van der Waals surface area (Å²) in [5, 5.41) is 28.4. The van der Waals surface area contributed by atoms with Gasteiger partial charge in [0.2, 0.25) is 0 Å². The quantitative estimate of drug-likeness (QED) is 0.620. The van der Waals surface area contributed by atoms with E-state index in [9.17, 15) is 10.1 Å². The number of aliphatic hydroxyl groups excluding tert-OH is 1. The van der Waals surface area contributed by atoms with Gasteiger partial charge < -0.3 is 9.84 Å². The van der Waals surface area contributed by atoms with Crippen LogP contribution in [0.3, 0.4) is 0 Å². The number of nitro benzene ring substituents is 1. The number of nitrogens with zero attached hydrogens (tertiary/aromatic N) is 2. The monoisotopic (exact) mass is 236 g/mol. The Labute approximate surface area is 98.2 Å². The van der Waals surface area contributed by atoms with Crippen molar-refractivity contribution in [1.29, 1.82) is 5.26 Å². The summed E-state index contributed by atoms with van der Waals surface area (Å²) in [4.78, 5) is 9.99. The minimum absolute atomic E-state index is 0.119. The van der Waals surface area contributed by atoms with Crippen LogP contribution in [0.1, 0.15) is 18.9 Å². The predicted molar refractivity (Wildman–Crippen MR) is 59.3 cm³/mol. The van der Waals surface area contributed by atoms with Crippen LogP contribution < -0.4 is 4.74 Å². The molecule has 0 heterocycles. The van der Waals surface area contributed by atoms with Crippen LogP contribution in [-0.4, -0.2) is 16.1 Å². The number of nitro groups is 1. The van der Waals surface area contributed by atoms with Crippen molar-refractivity contribution >= 4 is 5.69 Å². The van der Waals surface area contributed by atoms with Crippen molar-refractivity contribution in [2.24, 2.45) is 0 Å². The van der Waals surface area contributed by atoms with Crippen LogP contribution in [0.4, 0.5) is 5.69 Å². The minimum atomic E-state index is -0.623. The van der Waals surface area contributed by atoms with Gasteiger partial charge in [-0.25, -0.2) is 0 Å². The Morgan fingerprint density at radius 1 is 1.65 bits per heavy atom. The van der Waals surface area contributed by atoms with E-state index in [0.29, 0.717) is 17.7 Å². The second-order valence-corrected chi connectivity index (χ2v) is 3.35. The first-order valence-corrected chi connectivity index (χ1v) is 5.06. The van der Waals surface area contributed by atoms with E-state index >= 15 is 0 Å². The molecule has 0 saturated carbocycles. The summed E-state index contributed by atoms with van der Waals surface area (Å²) >= 11 is 0. The van der Waals surface area contributed by atoms with Crippen LogP contribution in [-0.2, 0) is 6.61 Å². The van der Waals surface area contributed by atoms with Gasteiger partial charge in [-0.15, -0.1) is 0 Å². The van der Waals surface area contributed by atoms with Crippen LogP contribution in [0.25, 0.3) is 0 Å². The molecule has 1 N–H and O–H groups in total. The Hall–Kier alpha value is -2.13. The summed E-state index contributed by atoms with van der Waals surface area (Å²) in [6.07, 6.45) is -0.125. The van der Waals surface area contributed by atoms with E-state index in [-0.39, 0.29) is 12.3 Å². The molecule has 0 saturated heterocycles. The van der Waals surface area contributed by atoms with E-state index in [4.69, 9.17) is 15.1 Å². The summed E-state index contributed by atoms with van der Waals surface area (Å²) in [6, 6.07) is 5.86. The average molecular weight is 236 g/mol. The highest BCUT2D eigenvalue weighted by Gasteiger charge is 2.14. The lowest BCUT2D eigenvalue weighted by atomic mass is 10.2. The van der Waals surface area contributed by atoms with Gasteiger partial charge in [-0.3, -0.25) is 10.1 Å². The van der Waals surface area contributed by atoms with Gasteiger partial charge in [0.15, 0.2) is 6.10 Å². The van der Waals surface area contributed by atoms with Crippen LogP contribution in [0, 0.1) is 21.4 Å². The van der Waals surface area contributed by atoms with E-state index < -0.39 is 11.0 Å². The smallest absolute Gasteiger partial charge is 0.270 e. The van der Waals surface area contributed by atoms with Crippen molar-refractivity contribution in [2.75, 3.05) is 0 Å². The Kier molecular flexibility index (Phi) is 4.43. The fourth-order valence-corrected chi connectivity index (χ4v) is 1.27. The standard InChI is InChI=1S/C11H12N2O4/c1-2-10(6-12)17-11-4-3-9(13(15)16)5-8(11)7-14/h3-5,10,14H,2,7H2,1H3. The number of ether oxygens (including phenoxy) is 1. The molecule has 17 heavy (non-hydrogen) atoms. The third-order valence-corrected chi connectivity index (χ3v) is 2.21. The largest absolute Gasteiger partial charge is 0.475 e. The first-order chi connectivity index (χ1) is 8.12. The van der Waals surface area contributed by atoms with Crippen molar-refractivity contribution in [2.45, 2.75) is 26.1 Å². The van der Waals surface area contributed by atoms with Gasteiger partial charge in [0, 0.05) is 17.7 Å². The molecule has 6 nitrogen and oxygen atoms in total. The van der Waals surface area contributed by atoms with E-state index in [1.165, 1.54) is 18.2 Å². The SMILES string of the molecule is CCC(C#N)Oc1ccc([N+](=O)[O-])cc1CO. The van der Waals surface area contributed by atoms with E-state index in [2.05, 4.69) is 0 Å². The van der Waals surface area contributed by atoms with E-state index in [0.717, 1.165) is 0 Å². The van der Waals surface area contributed by atoms with Gasteiger partial charge in [0.1, 0.15) is 11.8 Å². The van der Waals surface area contributed by atoms with Crippen molar-refractivity contribution in [3.8, 4) is 11.8 Å². The van der Waals surface area contributed by atoms with Crippen LogP contribution in [0.15, 0.2) is 18.2 Å². The second kappa shape index (κ2) is 5.82. The molecule has 1 aromatic carbocycles. The summed E-state index contributed by atoms with van der Waals surface area (Å²) in [5.41, 5.74) is 0.180. The van der Waals surface area contributed by atoms with Gasteiger partial charge in [0.25, 0.3) is 5.69 Å². The van der Waals surface area contributed by atoms with Crippen molar-refractivity contribution < 1.29 is 14.8 Å². The van der Waals surface area contributed by atoms with Crippen LogP contribution >= 0.6 is 0 Å². The maximum atomic E-state index is 10.5. The Bertz CT molecular complexity index is 453. The first-order valence-electron chi connectivity index (χ1n) is 5.06. The third kappa shape index (κ3) is 3.16. The molecule has 1 unspecified atom stereocenters. The number of benzene rings is 1. The zero-order valence-corrected chi connectivity index (χ0v) is 9.29. The highest BCUT2D eigenvalue weighted by molar-refractivity contribution is 5.43. The zero-order valence-electron chi connectivity index (χ0n) is 9.29. The summed E-state index contributed by atoms with van der Waals surface area (Å²) in [7, 11) is 0. The molecule has 6 heteroatoms. The maximum Gasteiger partial charge on any atom is 0.270 e. The van der Waals surface area contributed by atoms with Crippen molar-refractivity contribution in [3.05, 3.63) is 33.9 Å². The number of hydrogen-bond acceptors (Lipinski definition) is 5. The molecule has 1 rings (SSSR count). The number of rotatable bonds is 5. The molecule has 0 bridgehead atoms. The molecule has 0 aromatic heterocycles. The Balaban J connectivity index is 3.01. The number of non-ortho nitro benzene ring substituents is 1. The number of hydrogen-bond donors (Lipinski definition) is 1. The fourth-order valence-electron chi connectivity index (χ4n) is 1.27. The topological polar surface area (TPSA) is 96.4 Å². The van der Waals surface area contributed by atoms with Gasteiger partial charge in [-0.05, 0) is 12.5 Å². The van der Waals surface area contributed by atoms with E-state index in [1.807, 2.05) is 6.07 Å². The molecule has 0 aliphatic heterocycles. The molecule has 0 aliphatic rings. The van der Waals surface area contributed by atoms with Gasteiger partial charge in [-0.2, -0.15) is 5.26 Å². The zero-order chi connectivity index (χ0) is 12.8. The van der Waals surface area contributed by atoms with Gasteiger partial charge >= 0.3 is 0 Å². The number of aliphatic hydroxyl groups is 1. The van der Waals surface area contributed by atoms with Gasteiger partial charge in [0.05, 0.1) is 11.5 Å². The number of nitriles is 1. The minimum Gasteiger partial charge on any atom is -0.475 e. The predicted octanol–water partition coefficient (Wildman–Crippen LogP) is 1.77. The normalized spacial score (nSPS) is 11.6. The maximum absolute atomic E-state index is 10.5. The second-order valence-electron chi connectivity index (χ2n) is 3.35. The Morgan fingerprint density at radius 2 is 2.35 bits per heavy atom. The molecule has 0 radical (unpaired) electrons. The van der Waals surface area contributed by atoms with Gasteiger partial charge in [-0.1, -0.05) is 6.92 Å². The molecule has 1 atom stereocenters. The molecule has 90 valence electrons. The van der Waals surface area contributed by atoms with Crippen LogP contribution in [0.2, 0.25) is 0 Å². The average Bonchev–Trinajstić information content (AvgIpc) is 2.35. The molecule has 0 fully saturated rings.